The van der Waals surface area contributed by atoms with Crippen LogP contribution in [0.2, 0.25) is 0 Å². The minimum Gasteiger partial charge on any atom is -0.381 e. The molecule has 5 heteroatoms. The molecule has 0 fully saturated rings. The van der Waals surface area contributed by atoms with Gasteiger partial charge >= 0.3 is 0 Å². The van der Waals surface area contributed by atoms with E-state index in [0.717, 1.165) is 18.8 Å². The standard InChI is InChI=1S/C17H21N3O2/c1-3-19(2)13-15-6-4-5-14(11-15)12-18-16-7-9-17(10-8-16)20(21)22/h4-11,18H,3,12-13H2,1-2H3. The van der Waals surface area contributed by atoms with Gasteiger partial charge < -0.3 is 10.2 Å². The summed E-state index contributed by atoms with van der Waals surface area (Å²) in [6.07, 6.45) is 0. The zero-order valence-corrected chi connectivity index (χ0v) is 13.0. The number of non-ortho nitro benzene ring substituents is 1. The van der Waals surface area contributed by atoms with Crippen molar-refractivity contribution in [3.05, 3.63) is 69.8 Å². The third kappa shape index (κ3) is 4.56. The number of nitro groups is 1. The number of anilines is 1. The Balaban J connectivity index is 1.96. The number of hydrogen-bond donors (Lipinski definition) is 1. The molecule has 0 aromatic heterocycles. The highest BCUT2D eigenvalue weighted by molar-refractivity contribution is 5.48. The van der Waals surface area contributed by atoms with Gasteiger partial charge in [-0.15, -0.1) is 0 Å². The number of nitrogens with one attached hydrogen (secondary N) is 1. The van der Waals surface area contributed by atoms with Crippen LogP contribution in [0.1, 0.15) is 18.1 Å². The first kappa shape index (κ1) is 16.0. The first-order valence-electron chi connectivity index (χ1n) is 7.33. The molecule has 0 aliphatic rings. The lowest BCUT2D eigenvalue weighted by atomic mass is 10.1. The molecule has 0 radical (unpaired) electrons. The molecule has 0 atom stereocenters. The summed E-state index contributed by atoms with van der Waals surface area (Å²) in [6, 6.07) is 14.9. The van der Waals surface area contributed by atoms with Crippen molar-refractivity contribution in [1.82, 2.24) is 4.90 Å². The summed E-state index contributed by atoms with van der Waals surface area (Å²) < 4.78 is 0. The number of nitrogens with zero attached hydrogens (tertiary/aromatic N) is 2. The smallest absolute Gasteiger partial charge is 0.269 e. The molecule has 0 spiro atoms. The summed E-state index contributed by atoms with van der Waals surface area (Å²) in [5.74, 6) is 0. The lowest BCUT2D eigenvalue weighted by Crippen LogP contribution is -2.16. The second kappa shape index (κ2) is 7.56. The van der Waals surface area contributed by atoms with E-state index in [1.807, 2.05) is 0 Å². The summed E-state index contributed by atoms with van der Waals surface area (Å²) >= 11 is 0. The van der Waals surface area contributed by atoms with Crippen LogP contribution in [-0.4, -0.2) is 23.4 Å². The van der Waals surface area contributed by atoms with E-state index in [-0.39, 0.29) is 5.69 Å². The molecule has 1 N–H and O–H groups in total. The van der Waals surface area contributed by atoms with Crippen molar-refractivity contribution in [2.75, 3.05) is 18.9 Å². The molecular weight excluding hydrogens is 278 g/mol. The lowest BCUT2D eigenvalue weighted by Gasteiger charge is -2.14. The van der Waals surface area contributed by atoms with Crippen LogP contribution in [0.3, 0.4) is 0 Å². The second-order valence-electron chi connectivity index (χ2n) is 5.31. The van der Waals surface area contributed by atoms with Crippen LogP contribution in [-0.2, 0) is 13.1 Å². The summed E-state index contributed by atoms with van der Waals surface area (Å²) in [5, 5.41) is 13.9. The van der Waals surface area contributed by atoms with E-state index in [1.165, 1.54) is 23.3 Å². The van der Waals surface area contributed by atoms with Gasteiger partial charge in [0.25, 0.3) is 5.69 Å². The van der Waals surface area contributed by atoms with Crippen LogP contribution in [0.25, 0.3) is 0 Å². The Morgan fingerprint density at radius 1 is 1.14 bits per heavy atom. The molecule has 2 aromatic rings. The third-order valence-corrected chi connectivity index (χ3v) is 3.56. The van der Waals surface area contributed by atoms with Gasteiger partial charge in [-0.05, 0) is 36.9 Å². The molecule has 0 aliphatic carbocycles. The zero-order valence-electron chi connectivity index (χ0n) is 13.0. The first-order chi connectivity index (χ1) is 10.6. The monoisotopic (exact) mass is 299 g/mol. The van der Waals surface area contributed by atoms with Gasteiger partial charge in [0.2, 0.25) is 0 Å². The Morgan fingerprint density at radius 2 is 1.82 bits per heavy atom. The van der Waals surface area contributed by atoms with E-state index in [1.54, 1.807) is 12.1 Å². The van der Waals surface area contributed by atoms with Crippen molar-refractivity contribution in [2.24, 2.45) is 0 Å². The van der Waals surface area contributed by atoms with Gasteiger partial charge in [-0.2, -0.15) is 0 Å². The molecular formula is C17H21N3O2. The van der Waals surface area contributed by atoms with Crippen molar-refractivity contribution in [3.8, 4) is 0 Å². The molecule has 0 heterocycles. The van der Waals surface area contributed by atoms with Crippen LogP contribution >= 0.6 is 0 Å². The van der Waals surface area contributed by atoms with Crippen LogP contribution in [0.15, 0.2) is 48.5 Å². The summed E-state index contributed by atoms with van der Waals surface area (Å²) in [7, 11) is 2.10. The molecule has 22 heavy (non-hydrogen) atoms. The summed E-state index contributed by atoms with van der Waals surface area (Å²) in [4.78, 5) is 12.5. The maximum atomic E-state index is 10.6. The third-order valence-electron chi connectivity index (χ3n) is 3.56. The van der Waals surface area contributed by atoms with Crippen LogP contribution in [0, 0.1) is 10.1 Å². The minimum atomic E-state index is -0.391. The average molecular weight is 299 g/mol. The molecule has 116 valence electrons. The Labute approximate surface area is 130 Å². The maximum absolute atomic E-state index is 10.6. The quantitative estimate of drug-likeness (QED) is 0.626. The van der Waals surface area contributed by atoms with E-state index in [0.29, 0.717) is 6.54 Å². The van der Waals surface area contributed by atoms with Crippen molar-refractivity contribution in [1.29, 1.82) is 0 Å². The van der Waals surface area contributed by atoms with Gasteiger partial charge in [-0.1, -0.05) is 31.2 Å². The Bertz CT molecular complexity index is 626. The molecule has 5 nitrogen and oxygen atoms in total. The maximum Gasteiger partial charge on any atom is 0.269 e. The zero-order chi connectivity index (χ0) is 15.9. The molecule has 0 unspecified atom stereocenters. The normalized spacial score (nSPS) is 10.7. The van der Waals surface area contributed by atoms with Gasteiger partial charge in [0.15, 0.2) is 0 Å². The predicted molar refractivity (Wildman–Crippen MR) is 88.9 cm³/mol. The van der Waals surface area contributed by atoms with Crippen molar-refractivity contribution in [2.45, 2.75) is 20.0 Å². The SMILES string of the molecule is CCN(C)Cc1cccc(CNc2ccc([N+](=O)[O-])cc2)c1. The largest absolute Gasteiger partial charge is 0.381 e. The van der Waals surface area contributed by atoms with Crippen molar-refractivity contribution < 1.29 is 4.92 Å². The van der Waals surface area contributed by atoms with Crippen LogP contribution < -0.4 is 5.32 Å². The van der Waals surface area contributed by atoms with Crippen molar-refractivity contribution in [3.63, 3.8) is 0 Å². The average Bonchev–Trinajstić information content (AvgIpc) is 2.53. The van der Waals surface area contributed by atoms with Gasteiger partial charge in [0, 0.05) is 30.9 Å². The Morgan fingerprint density at radius 3 is 2.45 bits per heavy atom. The fourth-order valence-electron chi connectivity index (χ4n) is 2.17. The number of rotatable bonds is 7. The molecule has 2 rings (SSSR count). The minimum absolute atomic E-state index is 0.107. The molecule has 0 saturated carbocycles. The topological polar surface area (TPSA) is 58.4 Å². The summed E-state index contributed by atoms with van der Waals surface area (Å²) in [6.45, 7) is 4.79. The fourth-order valence-corrected chi connectivity index (χ4v) is 2.17. The molecule has 2 aromatic carbocycles. The molecule has 0 bridgehead atoms. The van der Waals surface area contributed by atoms with E-state index < -0.39 is 4.92 Å². The number of benzene rings is 2. The van der Waals surface area contributed by atoms with Crippen LogP contribution in [0.5, 0.6) is 0 Å². The van der Waals surface area contributed by atoms with Gasteiger partial charge in [-0.3, -0.25) is 10.1 Å². The van der Waals surface area contributed by atoms with Crippen molar-refractivity contribution >= 4 is 11.4 Å². The first-order valence-corrected chi connectivity index (χ1v) is 7.33. The van der Waals surface area contributed by atoms with Gasteiger partial charge in [-0.25, -0.2) is 0 Å². The predicted octanol–water partition coefficient (Wildman–Crippen LogP) is 3.66. The highest BCUT2D eigenvalue weighted by Gasteiger charge is 2.04. The van der Waals surface area contributed by atoms with E-state index in [4.69, 9.17) is 0 Å². The van der Waals surface area contributed by atoms with Gasteiger partial charge in [0.1, 0.15) is 0 Å². The summed E-state index contributed by atoms with van der Waals surface area (Å²) in [5.41, 5.74) is 3.46. The van der Waals surface area contributed by atoms with E-state index >= 15 is 0 Å². The molecule has 0 saturated heterocycles. The van der Waals surface area contributed by atoms with Gasteiger partial charge in [0.05, 0.1) is 4.92 Å². The highest BCUT2D eigenvalue weighted by Crippen LogP contribution is 2.16. The highest BCUT2D eigenvalue weighted by atomic mass is 16.6. The van der Waals surface area contributed by atoms with E-state index in [2.05, 4.69) is 48.5 Å². The van der Waals surface area contributed by atoms with E-state index in [9.17, 15) is 10.1 Å². The lowest BCUT2D eigenvalue weighted by molar-refractivity contribution is -0.384. The van der Waals surface area contributed by atoms with Crippen LogP contribution in [0.4, 0.5) is 11.4 Å². The fraction of sp³-hybridized carbons (Fsp3) is 0.294. The number of nitro benzene ring substituents is 1. The second-order valence-corrected chi connectivity index (χ2v) is 5.31. The Hall–Kier alpha value is -2.40. The number of hydrogen-bond acceptors (Lipinski definition) is 4. The molecule has 0 aliphatic heterocycles. The molecule has 0 amide bonds. The Kier molecular flexibility index (Phi) is 5.49.